The van der Waals surface area contributed by atoms with E-state index in [0.717, 1.165) is 11.1 Å². The molecule has 0 fully saturated rings. The highest BCUT2D eigenvalue weighted by molar-refractivity contribution is 7.89. The predicted octanol–water partition coefficient (Wildman–Crippen LogP) is 2.91. The average molecular weight is 360 g/mol. The third kappa shape index (κ3) is 6.32. The van der Waals surface area contributed by atoms with E-state index in [1.165, 1.54) is 0 Å². The SMILES string of the molecule is CC(C)c1ccccc1NC(=O)CNS(=O)(=O)CCc1ccccc1. The first-order chi connectivity index (χ1) is 11.9. The Morgan fingerprint density at radius 3 is 2.32 bits per heavy atom. The number of para-hydroxylation sites is 1. The fraction of sp³-hybridized carbons (Fsp3) is 0.316. The van der Waals surface area contributed by atoms with Gasteiger partial charge in [-0.2, -0.15) is 0 Å². The number of carbonyl (C=O) groups excluding carboxylic acids is 1. The molecule has 0 radical (unpaired) electrons. The average Bonchev–Trinajstić information content (AvgIpc) is 2.60. The first-order valence-corrected chi connectivity index (χ1v) is 9.92. The first-order valence-electron chi connectivity index (χ1n) is 8.27. The highest BCUT2D eigenvalue weighted by Gasteiger charge is 2.14. The van der Waals surface area contributed by atoms with Crippen LogP contribution in [0.4, 0.5) is 5.69 Å². The van der Waals surface area contributed by atoms with Crippen LogP contribution in [0.2, 0.25) is 0 Å². The summed E-state index contributed by atoms with van der Waals surface area (Å²) in [4.78, 5) is 12.1. The minimum atomic E-state index is -3.50. The van der Waals surface area contributed by atoms with Gasteiger partial charge in [-0.3, -0.25) is 4.79 Å². The van der Waals surface area contributed by atoms with Crippen LogP contribution in [0.5, 0.6) is 0 Å². The van der Waals surface area contributed by atoms with Gasteiger partial charge < -0.3 is 5.32 Å². The Balaban J connectivity index is 1.87. The van der Waals surface area contributed by atoms with Crippen LogP contribution in [-0.4, -0.2) is 26.6 Å². The summed E-state index contributed by atoms with van der Waals surface area (Å²) >= 11 is 0. The number of nitrogens with one attached hydrogen (secondary N) is 2. The molecule has 2 aromatic rings. The van der Waals surface area contributed by atoms with E-state index in [2.05, 4.69) is 10.0 Å². The van der Waals surface area contributed by atoms with E-state index in [1.54, 1.807) is 0 Å². The molecule has 2 aromatic carbocycles. The van der Waals surface area contributed by atoms with Gasteiger partial charge in [0, 0.05) is 5.69 Å². The van der Waals surface area contributed by atoms with Crippen LogP contribution in [0.15, 0.2) is 54.6 Å². The van der Waals surface area contributed by atoms with Crippen molar-refractivity contribution in [3.05, 3.63) is 65.7 Å². The van der Waals surface area contributed by atoms with Gasteiger partial charge in [-0.15, -0.1) is 0 Å². The standard InChI is InChI=1S/C19H24N2O3S/c1-15(2)17-10-6-7-11-18(17)21-19(22)14-20-25(23,24)13-12-16-8-4-3-5-9-16/h3-11,15,20H,12-14H2,1-2H3,(H,21,22). The van der Waals surface area contributed by atoms with Gasteiger partial charge in [-0.1, -0.05) is 62.4 Å². The van der Waals surface area contributed by atoms with Crippen molar-refractivity contribution in [1.29, 1.82) is 0 Å². The van der Waals surface area contributed by atoms with E-state index in [1.807, 2.05) is 68.4 Å². The predicted molar refractivity (Wildman–Crippen MR) is 101 cm³/mol. The maximum absolute atomic E-state index is 12.1. The molecule has 0 aromatic heterocycles. The fourth-order valence-electron chi connectivity index (χ4n) is 2.45. The van der Waals surface area contributed by atoms with Crippen molar-refractivity contribution >= 4 is 21.6 Å². The Morgan fingerprint density at radius 2 is 1.64 bits per heavy atom. The zero-order valence-corrected chi connectivity index (χ0v) is 15.3. The van der Waals surface area contributed by atoms with Gasteiger partial charge in [-0.25, -0.2) is 13.1 Å². The molecule has 0 bridgehead atoms. The number of hydrogen-bond acceptors (Lipinski definition) is 3. The number of rotatable bonds is 8. The monoisotopic (exact) mass is 360 g/mol. The lowest BCUT2D eigenvalue weighted by atomic mass is 10.0. The third-order valence-electron chi connectivity index (χ3n) is 3.81. The van der Waals surface area contributed by atoms with Crippen molar-refractivity contribution in [3.8, 4) is 0 Å². The van der Waals surface area contributed by atoms with E-state index in [0.29, 0.717) is 12.1 Å². The molecule has 6 heteroatoms. The minimum absolute atomic E-state index is 0.0487. The normalized spacial score (nSPS) is 11.5. The van der Waals surface area contributed by atoms with E-state index >= 15 is 0 Å². The van der Waals surface area contributed by atoms with Crippen LogP contribution in [0.25, 0.3) is 0 Å². The number of aryl methyl sites for hydroxylation is 1. The van der Waals surface area contributed by atoms with Crippen molar-refractivity contribution in [3.63, 3.8) is 0 Å². The summed E-state index contributed by atoms with van der Waals surface area (Å²) < 4.78 is 26.4. The van der Waals surface area contributed by atoms with E-state index in [4.69, 9.17) is 0 Å². The molecular weight excluding hydrogens is 336 g/mol. The Morgan fingerprint density at radius 1 is 1.00 bits per heavy atom. The number of amides is 1. The van der Waals surface area contributed by atoms with Gasteiger partial charge in [0.1, 0.15) is 0 Å². The number of benzene rings is 2. The molecule has 25 heavy (non-hydrogen) atoms. The molecule has 0 heterocycles. The smallest absolute Gasteiger partial charge is 0.239 e. The number of anilines is 1. The van der Waals surface area contributed by atoms with Gasteiger partial charge in [0.2, 0.25) is 15.9 Å². The molecule has 0 aliphatic rings. The molecule has 134 valence electrons. The molecule has 0 aliphatic carbocycles. The van der Waals surface area contributed by atoms with E-state index in [9.17, 15) is 13.2 Å². The largest absolute Gasteiger partial charge is 0.325 e. The van der Waals surface area contributed by atoms with E-state index < -0.39 is 10.0 Å². The molecular formula is C19H24N2O3S. The van der Waals surface area contributed by atoms with Crippen LogP contribution in [0.1, 0.15) is 30.9 Å². The van der Waals surface area contributed by atoms with Crippen molar-refractivity contribution in [1.82, 2.24) is 4.72 Å². The molecule has 2 rings (SSSR count). The van der Waals surface area contributed by atoms with Gasteiger partial charge in [0.15, 0.2) is 0 Å². The topological polar surface area (TPSA) is 75.3 Å². The second-order valence-corrected chi connectivity index (χ2v) is 8.09. The van der Waals surface area contributed by atoms with Crippen molar-refractivity contribution in [2.24, 2.45) is 0 Å². The summed E-state index contributed by atoms with van der Waals surface area (Å²) in [5.74, 6) is -0.164. The fourth-order valence-corrected chi connectivity index (χ4v) is 3.45. The Kier molecular flexibility index (Phi) is 6.73. The second-order valence-electron chi connectivity index (χ2n) is 6.17. The van der Waals surface area contributed by atoms with E-state index in [-0.39, 0.29) is 24.1 Å². The molecule has 2 N–H and O–H groups in total. The zero-order chi connectivity index (χ0) is 18.3. The summed E-state index contributed by atoms with van der Waals surface area (Å²) in [6.07, 6.45) is 0.411. The molecule has 0 unspecified atom stereocenters. The molecule has 5 nitrogen and oxygen atoms in total. The summed E-state index contributed by atoms with van der Waals surface area (Å²) in [6, 6.07) is 16.9. The summed E-state index contributed by atoms with van der Waals surface area (Å²) in [5, 5.41) is 2.77. The minimum Gasteiger partial charge on any atom is -0.325 e. The summed E-state index contributed by atoms with van der Waals surface area (Å²) in [5.41, 5.74) is 2.68. The van der Waals surface area contributed by atoms with Crippen molar-refractivity contribution < 1.29 is 13.2 Å². The molecule has 0 saturated heterocycles. The highest BCUT2D eigenvalue weighted by atomic mass is 32.2. The maximum Gasteiger partial charge on any atom is 0.239 e. The zero-order valence-electron chi connectivity index (χ0n) is 14.5. The van der Waals surface area contributed by atoms with Gasteiger partial charge in [0.05, 0.1) is 12.3 Å². The molecule has 0 aliphatic heterocycles. The van der Waals surface area contributed by atoms with Crippen molar-refractivity contribution in [2.45, 2.75) is 26.2 Å². The Bertz CT molecular complexity index is 802. The van der Waals surface area contributed by atoms with Gasteiger partial charge in [-0.05, 0) is 29.5 Å². The lowest BCUT2D eigenvalue weighted by Crippen LogP contribution is -2.35. The first kappa shape index (κ1) is 19.1. The second kappa shape index (κ2) is 8.78. The van der Waals surface area contributed by atoms with Crippen LogP contribution < -0.4 is 10.0 Å². The quantitative estimate of drug-likeness (QED) is 0.760. The number of hydrogen-bond donors (Lipinski definition) is 2. The Labute approximate surface area is 149 Å². The van der Waals surface area contributed by atoms with Crippen LogP contribution in [0.3, 0.4) is 0 Å². The lowest BCUT2D eigenvalue weighted by molar-refractivity contribution is -0.115. The molecule has 0 atom stereocenters. The number of carbonyl (C=O) groups is 1. The van der Waals surface area contributed by atoms with Gasteiger partial charge >= 0.3 is 0 Å². The van der Waals surface area contributed by atoms with Crippen molar-refractivity contribution in [2.75, 3.05) is 17.6 Å². The number of sulfonamides is 1. The van der Waals surface area contributed by atoms with Gasteiger partial charge in [0.25, 0.3) is 0 Å². The third-order valence-corrected chi connectivity index (χ3v) is 5.14. The molecule has 1 amide bonds. The lowest BCUT2D eigenvalue weighted by Gasteiger charge is -2.14. The molecule has 0 spiro atoms. The van der Waals surface area contributed by atoms with Crippen LogP contribution in [-0.2, 0) is 21.2 Å². The van der Waals surface area contributed by atoms with Crippen LogP contribution in [0, 0.1) is 0 Å². The summed E-state index contributed by atoms with van der Waals surface area (Å²) in [7, 11) is -3.50. The summed E-state index contributed by atoms with van der Waals surface area (Å²) in [6.45, 7) is 3.80. The highest BCUT2D eigenvalue weighted by Crippen LogP contribution is 2.23. The maximum atomic E-state index is 12.1. The molecule has 0 saturated carbocycles. The van der Waals surface area contributed by atoms with Crippen LogP contribution >= 0.6 is 0 Å². The Hall–Kier alpha value is -2.18.